The molecule has 0 bridgehead atoms. The first-order valence-electron chi connectivity index (χ1n) is 6.25. The Morgan fingerprint density at radius 2 is 1.91 bits per heavy atom. The van der Waals surface area contributed by atoms with Gasteiger partial charge in [-0.15, -0.1) is 0 Å². The van der Waals surface area contributed by atoms with Crippen LogP contribution in [0.3, 0.4) is 0 Å². The number of carbonyl (C=O) groups is 1. The van der Waals surface area contributed by atoms with E-state index in [-0.39, 0.29) is 16.9 Å². The number of aromatic nitrogens is 2. The third-order valence-electron chi connectivity index (χ3n) is 3.23. The van der Waals surface area contributed by atoms with Crippen molar-refractivity contribution in [2.45, 2.75) is 6.18 Å². The number of halogens is 3. The van der Waals surface area contributed by atoms with Gasteiger partial charge in [-0.2, -0.15) is 13.2 Å². The van der Waals surface area contributed by atoms with Crippen LogP contribution in [-0.4, -0.2) is 20.8 Å². The molecule has 1 aromatic carbocycles. The smallest absolute Gasteiger partial charge is 0.417 e. The molecule has 2 heterocycles. The molecule has 3 aromatic rings. The van der Waals surface area contributed by atoms with Crippen molar-refractivity contribution >= 4 is 17.1 Å². The summed E-state index contributed by atoms with van der Waals surface area (Å²) < 4.78 is 39.2. The van der Waals surface area contributed by atoms with Gasteiger partial charge < -0.3 is 5.11 Å². The third kappa shape index (κ3) is 2.41. The number of rotatable bonds is 1. The highest BCUT2D eigenvalue weighted by atomic mass is 19.4. The quantitative estimate of drug-likeness (QED) is 0.731. The van der Waals surface area contributed by atoms with Crippen molar-refractivity contribution in [1.29, 1.82) is 0 Å². The van der Waals surface area contributed by atoms with Gasteiger partial charge in [-0.05, 0) is 30.3 Å². The maximum Gasteiger partial charge on any atom is 0.417 e. The van der Waals surface area contributed by atoms with Gasteiger partial charge in [-0.1, -0.05) is 12.1 Å². The maximum atomic E-state index is 12.8. The van der Waals surface area contributed by atoms with E-state index >= 15 is 0 Å². The number of benzene rings is 1. The normalized spacial score (nSPS) is 11.8. The van der Waals surface area contributed by atoms with Crippen LogP contribution in [0.4, 0.5) is 18.0 Å². The van der Waals surface area contributed by atoms with E-state index < -0.39 is 17.8 Å². The van der Waals surface area contributed by atoms with Crippen molar-refractivity contribution in [1.82, 2.24) is 9.55 Å². The Hall–Kier alpha value is -2.83. The summed E-state index contributed by atoms with van der Waals surface area (Å²) in [6.07, 6.45) is -4.30. The summed E-state index contributed by atoms with van der Waals surface area (Å²) in [5.41, 5.74) is -0.0439. The number of alkyl halides is 3. The van der Waals surface area contributed by atoms with Crippen LogP contribution in [0.1, 0.15) is 5.56 Å². The number of pyridine rings is 1. The average Bonchev–Trinajstić information content (AvgIpc) is 2.89. The van der Waals surface area contributed by atoms with Crippen molar-refractivity contribution in [2.24, 2.45) is 0 Å². The summed E-state index contributed by atoms with van der Waals surface area (Å²) in [7, 11) is 0. The summed E-state index contributed by atoms with van der Waals surface area (Å²) >= 11 is 0. The predicted molar refractivity (Wildman–Crippen MR) is 73.6 cm³/mol. The molecule has 3 rings (SSSR count). The minimum absolute atomic E-state index is 0.183. The zero-order valence-electron chi connectivity index (χ0n) is 11.0. The van der Waals surface area contributed by atoms with Crippen LogP contribution in [0.25, 0.3) is 22.3 Å². The molecule has 2 aromatic heterocycles. The Kier molecular flexibility index (Phi) is 3.13. The van der Waals surface area contributed by atoms with Crippen molar-refractivity contribution in [2.75, 3.05) is 0 Å². The molecule has 0 saturated carbocycles. The van der Waals surface area contributed by atoms with Gasteiger partial charge in [0.15, 0.2) is 0 Å². The first kappa shape index (κ1) is 14.1. The van der Waals surface area contributed by atoms with Gasteiger partial charge in [0.25, 0.3) is 0 Å². The minimum Gasteiger partial charge on any atom is -0.464 e. The van der Waals surface area contributed by atoms with Gasteiger partial charge in [0.2, 0.25) is 0 Å². The van der Waals surface area contributed by atoms with Gasteiger partial charge >= 0.3 is 12.3 Å². The van der Waals surface area contributed by atoms with Gasteiger partial charge in [-0.25, -0.2) is 14.3 Å². The summed E-state index contributed by atoms with van der Waals surface area (Å²) in [6, 6.07) is 9.51. The lowest BCUT2D eigenvalue weighted by Crippen LogP contribution is -2.07. The number of fused-ring (bicyclic) bond motifs is 1. The summed E-state index contributed by atoms with van der Waals surface area (Å²) in [6.45, 7) is 0. The van der Waals surface area contributed by atoms with E-state index in [0.717, 1.165) is 16.7 Å². The Bertz CT molecular complexity index is 869. The Labute approximate surface area is 122 Å². The molecule has 4 nitrogen and oxygen atoms in total. The molecule has 0 aliphatic carbocycles. The highest BCUT2D eigenvalue weighted by molar-refractivity contribution is 5.87. The third-order valence-corrected chi connectivity index (χ3v) is 3.23. The molecule has 7 heteroatoms. The molecule has 0 aliphatic heterocycles. The topological polar surface area (TPSA) is 55.1 Å². The van der Waals surface area contributed by atoms with Crippen LogP contribution in [0.2, 0.25) is 0 Å². The molecule has 22 heavy (non-hydrogen) atoms. The van der Waals surface area contributed by atoms with Crippen LogP contribution in [-0.2, 0) is 6.18 Å². The summed E-state index contributed by atoms with van der Waals surface area (Å²) in [4.78, 5) is 15.2. The Balaban J connectivity index is 2.14. The van der Waals surface area contributed by atoms with E-state index in [1.165, 1.54) is 18.3 Å². The second kappa shape index (κ2) is 4.87. The average molecular weight is 306 g/mol. The van der Waals surface area contributed by atoms with Crippen molar-refractivity contribution in [3.63, 3.8) is 0 Å². The SMILES string of the molecule is O=C(O)n1ccc2ccc(-c3cccc(C(F)(F)F)c3)nc21. The predicted octanol–water partition coefficient (Wildman–Crippen LogP) is 4.25. The number of nitrogens with zero attached hydrogens (tertiary/aromatic N) is 2. The zero-order valence-corrected chi connectivity index (χ0v) is 11.0. The lowest BCUT2D eigenvalue weighted by Gasteiger charge is -2.08. The van der Waals surface area contributed by atoms with E-state index in [0.29, 0.717) is 5.39 Å². The lowest BCUT2D eigenvalue weighted by atomic mass is 10.1. The van der Waals surface area contributed by atoms with Crippen LogP contribution in [0.15, 0.2) is 48.7 Å². The fourth-order valence-corrected chi connectivity index (χ4v) is 2.18. The Morgan fingerprint density at radius 3 is 2.59 bits per heavy atom. The molecule has 112 valence electrons. The molecular weight excluding hydrogens is 297 g/mol. The van der Waals surface area contributed by atoms with Gasteiger partial charge in [0.05, 0.1) is 11.3 Å². The molecular formula is C15H9F3N2O2. The van der Waals surface area contributed by atoms with Crippen LogP contribution in [0.5, 0.6) is 0 Å². The molecule has 0 spiro atoms. The van der Waals surface area contributed by atoms with E-state index in [1.807, 2.05) is 0 Å². The van der Waals surface area contributed by atoms with E-state index in [2.05, 4.69) is 4.98 Å². The van der Waals surface area contributed by atoms with Crippen LogP contribution in [0, 0.1) is 0 Å². The molecule has 0 amide bonds. The lowest BCUT2D eigenvalue weighted by molar-refractivity contribution is -0.137. The molecule has 0 unspecified atom stereocenters. The van der Waals surface area contributed by atoms with E-state index in [9.17, 15) is 18.0 Å². The van der Waals surface area contributed by atoms with Crippen molar-refractivity contribution in [3.05, 3.63) is 54.2 Å². The number of hydrogen-bond acceptors (Lipinski definition) is 2. The van der Waals surface area contributed by atoms with Gasteiger partial charge in [0, 0.05) is 17.1 Å². The molecule has 1 N–H and O–H groups in total. The summed E-state index contributed by atoms with van der Waals surface area (Å²) in [5, 5.41) is 9.65. The highest BCUT2D eigenvalue weighted by Crippen LogP contribution is 2.32. The fraction of sp³-hybridized carbons (Fsp3) is 0.0667. The van der Waals surface area contributed by atoms with Crippen molar-refractivity contribution < 1.29 is 23.1 Å². The van der Waals surface area contributed by atoms with E-state index in [4.69, 9.17) is 5.11 Å². The standard InChI is InChI=1S/C15H9F3N2O2/c16-15(17,18)11-3-1-2-10(8-11)12-5-4-9-6-7-20(14(21)22)13(9)19-12/h1-8H,(H,21,22). The van der Waals surface area contributed by atoms with E-state index in [1.54, 1.807) is 18.2 Å². The molecule has 0 aliphatic rings. The first-order chi connectivity index (χ1) is 10.4. The largest absolute Gasteiger partial charge is 0.464 e. The zero-order chi connectivity index (χ0) is 15.9. The van der Waals surface area contributed by atoms with Crippen LogP contribution < -0.4 is 0 Å². The molecule has 0 saturated heterocycles. The van der Waals surface area contributed by atoms with Crippen molar-refractivity contribution in [3.8, 4) is 11.3 Å². The molecule has 0 fully saturated rings. The highest BCUT2D eigenvalue weighted by Gasteiger charge is 2.30. The fourth-order valence-electron chi connectivity index (χ4n) is 2.18. The van der Waals surface area contributed by atoms with Gasteiger partial charge in [-0.3, -0.25) is 0 Å². The monoisotopic (exact) mass is 306 g/mol. The summed E-state index contributed by atoms with van der Waals surface area (Å²) in [5.74, 6) is 0. The maximum absolute atomic E-state index is 12.8. The second-order valence-electron chi connectivity index (χ2n) is 4.66. The Morgan fingerprint density at radius 1 is 1.14 bits per heavy atom. The molecule has 0 radical (unpaired) electrons. The van der Waals surface area contributed by atoms with Crippen LogP contribution >= 0.6 is 0 Å². The van der Waals surface area contributed by atoms with Gasteiger partial charge in [0.1, 0.15) is 5.65 Å². The second-order valence-corrected chi connectivity index (χ2v) is 4.66. The first-order valence-corrected chi connectivity index (χ1v) is 6.25. The minimum atomic E-state index is -4.44. The number of hydrogen-bond donors (Lipinski definition) is 1. The molecule has 0 atom stereocenters. The number of carboxylic acid groups (broad SMARTS) is 1.